The molecule has 5 heteroatoms. The van der Waals surface area contributed by atoms with Gasteiger partial charge >= 0.3 is 6.18 Å². The molecule has 0 saturated heterocycles. The highest BCUT2D eigenvalue weighted by Crippen LogP contribution is 2.47. The van der Waals surface area contributed by atoms with Crippen LogP contribution in [0.15, 0.2) is 0 Å². The van der Waals surface area contributed by atoms with Gasteiger partial charge in [0.15, 0.2) is 0 Å². The average Bonchev–Trinajstić information content (AvgIpc) is 2.81. The van der Waals surface area contributed by atoms with Crippen LogP contribution >= 0.6 is 0 Å². The molecule has 0 aromatic heterocycles. The van der Waals surface area contributed by atoms with E-state index in [2.05, 4.69) is 19.2 Å². The zero-order valence-electron chi connectivity index (χ0n) is 10.2. The first-order chi connectivity index (χ1) is 7.23. The molecule has 0 aliphatic heterocycles. The van der Waals surface area contributed by atoms with Gasteiger partial charge in [0.2, 0.25) is 0 Å². The van der Waals surface area contributed by atoms with Crippen LogP contribution in [0.1, 0.15) is 26.7 Å². The lowest BCUT2D eigenvalue weighted by atomic mass is 10.0. The Labute approximate surface area is 95.2 Å². The molecule has 0 aromatic rings. The van der Waals surface area contributed by atoms with E-state index in [0.717, 1.165) is 0 Å². The summed E-state index contributed by atoms with van der Waals surface area (Å²) in [6.45, 7) is 4.53. The molecule has 1 aliphatic rings. The van der Waals surface area contributed by atoms with E-state index in [-0.39, 0.29) is 0 Å². The first kappa shape index (κ1) is 13.8. The van der Waals surface area contributed by atoms with E-state index in [1.165, 1.54) is 24.8 Å². The van der Waals surface area contributed by atoms with Crippen LogP contribution in [0.2, 0.25) is 0 Å². The van der Waals surface area contributed by atoms with Gasteiger partial charge in [0.05, 0.1) is 6.54 Å². The molecular weight excluding hydrogens is 217 g/mol. The fourth-order valence-electron chi connectivity index (χ4n) is 1.73. The molecule has 0 heterocycles. The number of hydrogen-bond acceptors (Lipinski definition) is 2. The standard InChI is InChI=1S/C11H21F3N2/c1-9(10(2)4-5-10)15-6-7-16(3)8-11(12,13)14/h9,15H,4-8H2,1-3H3. The Kier molecular flexibility index (Phi) is 4.23. The third-order valence-corrected chi connectivity index (χ3v) is 3.48. The molecule has 0 spiro atoms. The van der Waals surface area contributed by atoms with Crippen molar-refractivity contribution in [1.29, 1.82) is 0 Å². The summed E-state index contributed by atoms with van der Waals surface area (Å²) in [6, 6.07) is 0.395. The summed E-state index contributed by atoms with van der Waals surface area (Å²) >= 11 is 0. The summed E-state index contributed by atoms with van der Waals surface area (Å²) in [7, 11) is 1.50. The summed E-state index contributed by atoms with van der Waals surface area (Å²) in [5, 5.41) is 3.29. The number of nitrogens with one attached hydrogen (secondary N) is 1. The Balaban J connectivity index is 2.11. The van der Waals surface area contributed by atoms with Crippen LogP contribution in [0.3, 0.4) is 0 Å². The number of halogens is 3. The predicted octanol–water partition coefficient (Wildman–Crippen LogP) is 2.26. The molecule has 1 aliphatic carbocycles. The normalized spacial score (nSPS) is 21.2. The minimum Gasteiger partial charge on any atom is -0.312 e. The molecule has 0 radical (unpaired) electrons. The topological polar surface area (TPSA) is 15.3 Å². The number of alkyl halides is 3. The minimum atomic E-state index is -4.09. The van der Waals surface area contributed by atoms with Crippen molar-refractivity contribution in [3.8, 4) is 0 Å². The van der Waals surface area contributed by atoms with Crippen molar-refractivity contribution in [2.24, 2.45) is 5.41 Å². The van der Waals surface area contributed by atoms with Gasteiger partial charge in [-0.1, -0.05) is 6.92 Å². The van der Waals surface area contributed by atoms with E-state index in [9.17, 15) is 13.2 Å². The van der Waals surface area contributed by atoms with E-state index < -0.39 is 12.7 Å². The summed E-state index contributed by atoms with van der Waals surface area (Å²) in [5.41, 5.74) is 0.378. The molecule has 1 saturated carbocycles. The minimum absolute atomic E-state index is 0.378. The Bertz CT molecular complexity index is 224. The van der Waals surface area contributed by atoms with Crippen LogP contribution in [0.25, 0.3) is 0 Å². The fourth-order valence-corrected chi connectivity index (χ4v) is 1.73. The molecule has 96 valence electrons. The number of rotatable bonds is 6. The fraction of sp³-hybridized carbons (Fsp3) is 1.00. The third kappa shape index (κ3) is 4.70. The number of likely N-dealkylation sites (N-methyl/N-ethyl adjacent to an activating group) is 1. The summed E-state index contributed by atoms with van der Waals surface area (Å²) in [4.78, 5) is 1.30. The highest BCUT2D eigenvalue weighted by atomic mass is 19.4. The largest absolute Gasteiger partial charge is 0.401 e. The van der Waals surface area contributed by atoms with Gasteiger partial charge in [-0.25, -0.2) is 0 Å². The molecule has 1 N–H and O–H groups in total. The highest BCUT2D eigenvalue weighted by molar-refractivity contribution is 4.96. The van der Waals surface area contributed by atoms with Crippen LogP contribution in [-0.4, -0.2) is 43.8 Å². The SMILES string of the molecule is CC(NCCN(C)CC(F)(F)F)C1(C)CC1. The second-order valence-corrected chi connectivity index (χ2v) is 5.18. The molecule has 16 heavy (non-hydrogen) atoms. The van der Waals surface area contributed by atoms with E-state index in [1.54, 1.807) is 0 Å². The molecule has 1 fully saturated rings. The van der Waals surface area contributed by atoms with Gasteiger partial charge in [0.25, 0.3) is 0 Å². The van der Waals surface area contributed by atoms with Crippen LogP contribution in [0, 0.1) is 5.41 Å². The molecule has 1 atom stereocenters. The lowest BCUT2D eigenvalue weighted by Gasteiger charge is -2.23. The van der Waals surface area contributed by atoms with E-state index in [1.807, 2.05) is 0 Å². The van der Waals surface area contributed by atoms with Crippen LogP contribution in [0.4, 0.5) is 13.2 Å². The molecular formula is C11H21F3N2. The number of hydrogen-bond donors (Lipinski definition) is 1. The maximum Gasteiger partial charge on any atom is 0.401 e. The van der Waals surface area contributed by atoms with Gasteiger partial charge in [0, 0.05) is 19.1 Å². The van der Waals surface area contributed by atoms with Gasteiger partial charge in [-0.15, -0.1) is 0 Å². The molecule has 0 aromatic carbocycles. The van der Waals surface area contributed by atoms with Gasteiger partial charge in [0.1, 0.15) is 0 Å². The second kappa shape index (κ2) is 4.92. The molecule has 0 amide bonds. The van der Waals surface area contributed by atoms with Crippen LogP contribution < -0.4 is 5.32 Å². The third-order valence-electron chi connectivity index (χ3n) is 3.48. The summed E-state index contributed by atoms with van der Waals surface area (Å²) < 4.78 is 36.1. The van der Waals surface area contributed by atoms with Gasteiger partial charge in [-0.05, 0) is 32.2 Å². The van der Waals surface area contributed by atoms with Gasteiger partial charge < -0.3 is 5.32 Å². The Hall–Kier alpha value is -0.290. The first-order valence-corrected chi connectivity index (χ1v) is 5.72. The maximum absolute atomic E-state index is 12.0. The second-order valence-electron chi connectivity index (χ2n) is 5.18. The molecule has 1 rings (SSSR count). The first-order valence-electron chi connectivity index (χ1n) is 5.72. The van der Waals surface area contributed by atoms with E-state index >= 15 is 0 Å². The van der Waals surface area contributed by atoms with E-state index in [4.69, 9.17) is 0 Å². The van der Waals surface area contributed by atoms with Gasteiger partial charge in [-0.3, -0.25) is 4.90 Å². The number of nitrogens with zero attached hydrogens (tertiary/aromatic N) is 1. The Morgan fingerprint density at radius 3 is 2.38 bits per heavy atom. The maximum atomic E-state index is 12.0. The van der Waals surface area contributed by atoms with Crippen molar-refractivity contribution in [3.05, 3.63) is 0 Å². The van der Waals surface area contributed by atoms with Crippen molar-refractivity contribution < 1.29 is 13.2 Å². The lowest BCUT2D eigenvalue weighted by Crippen LogP contribution is -2.40. The van der Waals surface area contributed by atoms with Crippen molar-refractivity contribution in [2.75, 3.05) is 26.7 Å². The molecule has 0 bridgehead atoms. The monoisotopic (exact) mass is 238 g/mol. The average molecular weight is 238 g/mol. The summed E-state index contributed by atoms with van der Waals surface area (Å²) in [6.07, 6.45) is -1.65. The predicted molar refractivity (Wildman–Crippen MR) is 58.4 cm³/mol. The van der Waals surface area contributed by atoms with Crippen molar-refractivity contribution in [1.82, 2.24) is 10.2 Å². The molecule has 1 unspecified atom stereocenters. The zero-order valence-corrected chi connectivity index (χ0v) is 10.2. The quantitative estimate of drug-likeness (QED) is 0.763. The Morgan fingerprint density at radius 2 is 1.94 bits per heavy atom. The van der Waals surface area contributed by atoms with Crippen molar-refractivity contribution >= 4 is 0 Å². The van der Waals surface area contributed by atoms with Gasteiger partial charge in [-0.2, -0.15) is 13.2 Å². The van der Waals surface area contributed by atoms with Crippen LogP contribution in [0.5, 0.6) is 0 Å². The van der Waals surface area contributed by atoms with Crippen molar-refractivity contribution in [3.63, 3.8) is 0 Å². The lowest BCUT2D eigenvalue weighted by molar-refractivity contribution is -0.142. The van der Waals surface area contributed by atoms with Crippen molar-refractivity contribution in [2.45, 2.75) is 38.9 Å². The van der Waals surface area contributed by atoms with Crippen LogP contribution in [-0.2, 0) is 0 Å². The smallest absolute Gasteiger partial charge is 0.312 e. The van der Waals surface area contributed by atoms with E-state index in [0.29, 0.717) is 24.5 Å². The molecule has 2 nitrogen and oxygen atoms in total. The zero-order chi connectivity index (χ0) is 12.4. The highest BCUT2D eigenvalue weighted by Gasteiger charge is 2.42. The summed E-state index contributed by atoms with van der Waals surface area (Å²) in [5.74, 6) is 0. The Morgan fingerprint density at radius 1 is 1.38 bits per heavy atom.